The van der Waals surface area contributed by atoms with Gasteiger partial charge >= 0.3 is 6.18 Å². The molecule has 1 atom stereocenters. The van der Waals surface area contributed by atoms with Gasteiger partial charge < -0.3 is 11.1 Å². The molecule has 4 nitrogen and oxygen atoms in total. The van der Waals surface area contributed by atoms with Crippen LogP contribution in [-0.2, 0) is 11.0 Å². The highest BCUT2D eigenvalue weighted by Gasteiger charge is 2.35. The Balaban J connectivity index is 2.68. The zero-order valence-corrected chi connectivity index (χ0v) is 13.9. The smallest absolute Gasteiger partial charge is 0.368 e. The molecule has 0 spiro atoms. The first kappa shape index (κ1) is 20.7. The third kappa shape index (κ3) is 6.99. The first-order valence-corrected chi connectivity index (χ1v) is 8.14. The molecule has 1 rings (SSSR count). The summed E-state index contributed by atoms with van der Waals surface area (Å²) in [4.78, 5) is 23.7. The summed E-state index contributed by atoms with van der Waals surface area (Å²) in [7, 11) is 0. The van der Waals surface area contributed by atoms with E-state index >= 15 is 0 Å². The van der Waals surface area contributed by atoms with Crippen molar-refractivity contribution in [1.29, 1.82) is 0 Å². The number of rotatable bonds is 10. The fourth-order valence-corrected chi connectivity index (χ4v) is 2.44. The fraction of sp³-hybridized carbons (Fsp3) is 0.444. The van der Waals surface area contributed by atoms with E-state index in [0.717, 1.165) is 37.8 Å². The maximum Gasteiger partial charge on any atom is 0.417 e. The van der Waals surface area contributed by atoms with Crippen molar-refractivity contribution < 1.29 is 22.8 Å². The van der Waals surface area contributed by atoms with Gasteiger partial charge in [0.2, 0.25) is 5.91 Å². The highest BCUT2D eigenvalue weighted by atomic mass is 19.4. The third-order valence-corrected chi connectivity index (χ3v) is 3.78. The van der Waals surface area contributed by atoms with Crippen LogP contribution in [0, 0.1) is 0 Å². The number of benzene rings is 1. The normalized spacial score (nSPS) is 12.4. The zero-order chi connectivity index (χ0) is 18.9. The first-order valence-electron chi connectivity index (χ1n) is 8.14. The summed E-state index contributed by atoms with van der Waals surface area (Å²) in [6.45, 7) is 3.63. The van der Waals surface area contributed by atoms with Crippen molar-refractivity contribution >= 4 is 11.8 Å². The second-order valence-corrected chi connectivity index (χ2v) is 5.75. The molecule has 3 N–H and O–H groups in total. The Morgan fingerprint density at radius 3 is 2.40 bits per heavy atom. The van der Waals surface area contributed by atoms with Gasteiger partial charge in [0.15, 0.2) is 0 Å². The molecule has 2 amide bonds. The Labute approximate surface area is 145 Å². The second kappa shape index (κ2) is 9.86. The van der Waals surface area contributed by atoms with Crippen LogP contribution in [-0.4, -0.2) is 17.9 Å². The quantitative estimate of drug-likeness (QED) is 0.494. The van der Waals surface area contributed by atoms with Gasteiger partial charge in [-0.3, -0.25) is 9.59 Å². The Kier molecular flexibility index (Phi) is 8.18. The summed E-state index contributed by atoms with van der Waals surface area (Å²) in [5, 5.41) is 2.32. The first-order chi connectivity index (χ1) is 11.8. The van der Waals surface area contributed by atoms with Crippen molar-refractivity contribution in [2.45, 2.75) is 50.7 Å². The number of allylic oxidation sites excluding steroid dienone is 1. The van der Waals surface area contributed by atoms with Crippen LogP contribution >= 0.6 is 0 Å². The SMILES string of the molecule is C=CCCCCCC[C@H](NC(=O)c1ccccc1C(F)(F)F)C(N)=O. The summed E-state index contributed by atoms with van der Waals surface area (Å²) in [5.41, 5.74) is 3.70. The van der Waals surface area contributed by atoms with Crippen LogP contribution in [0.1, 0.15) is 54.4 Å². The molecule has 7 heteroatoms. The Morgan fingerprint density at radius 1 is 1.16 bits per heavy atom. The van der Waals surface area contributed by atoms with Gasteiger partial charge in [-0.05, 0) is 31.4 Å². The molecular weight excluding hydrogens is 333 g/mol. The molecule has 0 aromatic heterocycles. The Hall–Kier alpha value is -2.31. The molecule has 0 heterocycles. The number of amides is 2. The molecule has 1 aromatic rings. The predicted octanol–water partition coefficient (Wildman–Crippen LogP) is 3.82. The number of unbranched alkanes of at least 4 members (excludes halogenated alkanes) is 4. The molecule has 0 saturated carbocycles. The van der Waals surface area contributed by atoms with E-state index < -0.39 is 35.2 Å². The van der Waals surface area contributed by atoms with E-state index in [9.17, 15) is 22.8 Å². The van der Waals surface area contributed by atoms with E-state index in [0.29, 0.717) is 12.8 Å². The van der Waals surface area contributed by atoms with Gasteiger partial charge in [0.25, 0.3) is 5.91 Å². The largest absolute Gasteiger partial charge is 0.417 e. The molecule has 138 valence electrons. The highest BCUT2D eigenvalue weighted by molar-refractivity contribution is 5.98. The summed E-state index contributed by atoms with van der Waals surface area (Å²) in [6.07, 6.45) is 1.79. The van der Waals surface area contributed by atoms with Crippen LogP contribution in [0.25, 0.3) is 0 Å². The van der Waals surface area contributed by atoms with Gasteiger partial charge in [-0.15, -0.1) is 6.58 Å². The summed E-state index contributed by atoms with van der Waals surface area (Å²) >= 11 is 0. The summed E-state index contributed by atoms with van der Waals surface area (Å²) in [5.74, 6) is -1.72. The number of alkyl halides is 3. The lowest BCUT2D eigenvalue weighted by Gasteiger charge is -2.17. The molecule has 0 aliphatic rings. The highest BCUT2D eigenvalue weighted by Crippen LogP contribution is 2.31. The zero-order valence-electron chi connectivity index (χ0n) is 13.9. The standard InChI is InChI=1S/C18H23F3N2O2/c1-2-3-4-5-6-7-12-15(16(22)24)23-17(25)13-10-8-9-11-14(13)18(19,20)21/h2,8-11,15H,1,3-7,12H2,(H2,22,24)(H,23,25)/t15-/m0/s1. The Bertz CT molecular complexity index is 600. The van der Waals surface area contributed by atoms with Crippen molar-refractivity contribution in [3.8, 4) is 0 Å². The summed E-state index contributed by atoms with van der Waals surface area (Å²) < 4.78 is 38.9. The van der Waals surface area contributed by atoms with E-state index in [4.69, 9.17) is 5.73 Å². The number of carbonyl (C=O) groups is 2. The second-order valence-electron chi connectivity index (χ2n) is 5.75. The molecule has 0 fully saturated rings. The number of hydrogen-bond acceptors (Lipinski definition) is 2. The number of carbonyl (C=O) groups excluding carboxylic acids is 2. The topological polar surface area (TPSA) is 72.2 Å². The monoisotopic (exact) mass is 356 g/mol. The molecule has 0 aliphatic heterocycles. The molecule has 0 saturated heterocycles. The van der Waals surface area contributed by atoms with Crippen molar-refractivity contribution in [2.75, 3.05) is 0 Å². The lowest BCUT2D eigenvalue weighted by Crippen LogP contribution is -2.44. The minimum atomic E-state index is -4.65. The average molecular weight is 356 g/mol. The van der Waals surface area contributed by atoms with E-state index in [1.165, 1.54) is 12.1 Å². The number of nitrogens with two attached hydrogens (primary N) is 1. The van der Waals surface area contributed by atoms with Crippen LogP contribution in [0.5, 0.6) is 0 Å². The van der Waals surface area contributed by atoms with Gasteiger partial charge in [0.05, 0.1) is 11.1 Å². The minimum absolute atomic E-state index is 0.295. The van der Waals surface area contributed by atoms with Crippen LogP contribution in [0.15, 0.2) is 36.9 Å². The Morgan fingerprint density at radius 2 is 1.80 bits per heavy atom. The molecule has 0 aliphatic carbocycles. The molecule has 0 bridgehead atoms. The van der Waals surface area contributed by atoms with Gasteiger partial charge in [0.1, 0.15) is 6.04 Å². The van der Waals surface area contributed by atoms with Crippen molar-refractivity contribution in [1.82, 2.24) is 5.32 Å². The van der Waals surface area contributed by atoms with Gasteiger partial charge in [-0.2, -0.15) is 13.2 Å². The van der Waals surface area contributed by atoms with Crippen molar-refractivity contribution in [2.24, 2.45) is 5.73 Å². The van der Waals surface area contributed by atoms with E-state index in [2.05, 4.69) is 11.9 Å². The van der Waals surface area contributed by atoms with Crippen LogP contribution in [0.4, 0.5) is 13.2 Å². The maximum atomic E-state index is 13.0. The predicted molar refractivity (Wildman–Crippen MR) is 89.8 cm³/mol. The lowest BCUT2D eigenvalue weighted by molar-refractivity contribution is -0.137. The molecule has 25 heavy (non-hydrogen) atoms. The average Bonchev–Trinajstić information content (AvgIpc) is 2.55. The number of halogens is 3. The van der Waals surface area contributed by atoms with Crippen molar-refractivity contribution in [3.63, 3.8) is 0 Å². The number of nitrogens with one attached hydrogen (secondary N) is 1. The van der Waals surface area contributed by atoms with Crippen molar-refractivity contribution in [3.05, 3.63) is 48.0 Å². The molecule has 0 unspecified atom stereocenters. The van der Waals surface area contributed by atoms with E-state index in [-0.39, 0.29) is 0 Å². The van der Waals surface area contributed by atoms with E-state index in [1.807, 2.05) is 6.08 Å². The van der Waals surface area contributed by atoms with Crippen LogP contribution < -0.4 is 11.1 Å². The van der Waals surface area contributed by atoms with Gasteiger partial charge in [-0.1, -0.05) is 37.5 Å². The molecule has 1 aromatic carbocycles. The molecular formula is C18H23F3N2O2. The fourth-order valence-electron chi connectivity index (χ4n) is 2.44. The number of primary amides is 1. The molecule has 0 radical (unpaired) electrons. The number of hydrogen-bond donors (Lipinski definition) is 2. The minimum Gasteiger partial charge on any atom is -0.368 e. The van der Waals surface area contributed by atoms with Gasteiger partial charge in [-0.25, -0.2) is 0 Å². The van der Waals surface area contributed by atoms with Gasteiger partial charge in [0, 0.05) is 0 Å². The summed E-state index contributed by atoms with van der Waals surface area (Å²) in [6, 6.07) is 3.45. The van der Waals surface area contributed by atoms with Crippen LogP contribution in [0.2, 0.25) is 0 Å². The van der Waals surface area contributed by atoms with E-state index in [1.54, 1.807) is 0 Å². The van der Waals surface area contributed by atoms with Crippen LogP contribution in [0.3, 0.4) is 0 Å². The third-order valence-electron chi connectivity index (χ3n) is 3.78. The maximum absolute atomic E-state index is 13.0. The lowest BCUT2D eigenvalue weighted by atomic mass is 10.0.